The number of ether oxygens (including phenoxy) is 2. The van der Waals surface area contributed by atoms with E-state index in [1.165, 1.54) is 43.7 Å². The van der Waals surface area contributed by atoms with Crippen molar-refractivity contribution in [1.82, 2.24) is 5.43 Å². The summed E-state index contributed by atoms with van der Waals surface area (Å²) in [6, 6.07) is 8.10. The lowest BCUT2D eigenvalue weighted by atomic mass is 10.2. The van der Waals surface area contributed by atoms with Gasteiger partial charge in [0.2, 0.25) is 0 Å². The zero-order valence-corrected chi connectivity index (χ0v) is 15.2. The summed E-state index contributed by atoms with van der Waals surface area (Å²) in [5.41, 5.74) is 2.53. The number of carbonyl (C=O) groups is 2. The van der Waals surface area contributed by atoms with E-state index in [1.807, 2.05) is 0 Å². The molecule has 0 aromatic heterocycles. The first kappa shape index (κ1) is 20.6. The summed E-state index contributed by atoms with van der Waals surface area (Å²) in [5.74, 6) is -1.57. The molecule has 0 aliphatic rings. The Morgan fingerprint density at radius 2 is 2.11 bits per heavy atom. The van der Waals surface area contributed by atoms with Crippen molar-refractivity contribution in [2.75, 3.05) is 13.7 Å². The van der Waals surface area contributed by atoms with Gasteiger partial charge >= 0.3 is 5.97 Å². The first-order valence-corrected chi connectivity index (χ1v) is 7.99. The second-order valence-corrected chi connectivity index (χ2v) is 5.63. The van der Waals surface area contributed by atoms with E-state index in [4.69, 9.17) is 26.2 Å². The Hall–Kier alpha value is -3.66. The molecule has 0 saturated heterocycles. The predicted octanol–water partition coefficient (Wildman–Crippen LogP) is 2.48. The Labute approximate surface area is 163 Å². The van der Waals surface area contributed by atoms with Gasteiger partial charge in [-0.05, 0) is 23.8 Å². The van der Waals surface area contributed by atoms with E-state index >= 15 is 0 Å². The highest BCUT2D eigenvalue weighted by molar-refractivity contribution is 6.32. The van der Waals surface area contributed by atoms with Gasteiger partial charge in [0.15, 0.2) is 18.1 Å². The van der Waals surface area contributed by atoms with Gasteiger partial charge in [0, 0.05) is 17.7 Å². The van der Waals surface area contributed by atoms with E-state index in [0.717, 1.165) is 6.07 Å². The number of aliphatic carboxylic acids is 1. The Kier molecular flexibility index (Phi) is 6.88. The van der Waals surface area contributed by atoms with E-state index in [-0.39, 0.29) is 27.8 Å². The number of amides is 1. The van der Waals surface area contributed by atoms with E-state index in [1.54, 1.807) is 0 Å². The first-order valence-electron chi connectivity index (χ1n) is 7.61. The highest BCUT2D eigenvalue weighted by atomic mass is 35.5. The number of hydrazone groups is 1. The molecule has 0 unspecified atom stereocenters. The van der Waals surface area contributed by atoms with Crippen molar-refractivity contribution in [1.29, 1.82) is 0 Å². The van der Waals surface area contributed by atoms with E-state index in [2.05, 4.69) is 10.5 Å². The van der Waals surface area contributed by atoms with Crippen LogP contribution in [0.15, 0.2) is 41.5 Å². The molecule has 2 rings (SSSR count). The summed E-state index contributed by atoms with van der Waals surface area (Å²) in [6.07, 6.45) is 1.27. The molecule has 0 bridgehead atoms. The standard InChI is InChI=1S/C17H14ClN3O7/c1-27-14-6-10(5-13(18)16(14)28-9-15(22)23)8-19-20-17(24)11-3-2-4-12(7-11)21(25)26/h2-8H,9H2,1H3,(H,20,24)(H,22,23)/b19-8+. The van der Waals surface area contributed by atoms with Crippen LogP contribution in [0.1, 0.15) is 15.9 Å². The molecule has 0 aliphatic carbocycles. The number of nitro groups is 1. The van der Waals surface area contributed by atoms with Crippen molar-refractivity contribution < 1.29 is 29.1 Å². The maximum absolute atomic E-state index is 12.0. The Morgan fingerprint density at radius 1 is 1.36 bits per heavy atom. The molecular formula is C17H14ClN3O7. The van der Waals surface area contributed by atoms with Crippen molar-refractivity contribution in [3.63, 3.8) is 0 Å². The third kappa shape index (κ3) is 5.42. The smallest absolute Gasteiger partial charge is 0.341 e. The minimum absolute atomic E-state index is 0.0596. The number of non-ortho nitro benzene ring substituents is 1. The number of rotatable bonds is 8. The summed E-state index contributed by atoms with van der Waals surface area (Å²) < 4.78 is 10.2. The van der Waals surface area contributed by atoms with Crippen LogP contribution in [-0.2, 0) is 4.79 Å². The van der Waals surface area contributed by atoms with Gasteiger partial charge in [-0.2, -0.15) is 5.10 Å². The van der Waals surface area contributed by atoms with Gasteiger partial charge in [0.1, 0.15) is 0 Å². The Bertz CT molecular complexity index is 946. The number of carboxylic acid groups (broad SMARTS) is 1. The SMILES string of the molecule is COc1cc(/C=N/NC(=O)c2cccc([N+](=O)[O-])c2)cc(Cl)c1OCC(=O)O. The van der Waals surface area contributed by atoms with Gasteiger partial charge in [-0.3, -0.25) is 14.9 Å². The molecule has 0 radical (unpaired) electrons. The molecule has 2 aromatic rings. The molecule has 10 nitrogen and oxygen atoms in total. The quantitative estimate of drug-likeness (QED) is 0.389. The second kappa shape index (κ2) is 9.33. The van der Waals surface area contributed by atoms with Gasteiger partial charge in [0.05, 0.1) is 23.3 Å². The number of benzene rings is 2. The predicted molar refractivity (Wildman–Crippen MR) is 99.3 cm³/mol. The normalized spacial score (nSPS) is 10.5. The summed E-state index contributed by atoms with van der Waals surface area (Å²) in [5, 5.41) is 23.3. The molecule has 0 fully saturated rings. The number of halogens is 1. The number of hydrogen-bond donors (Lipinski definition) is 2. The fraction of sp³-hybridized carbons (Fsp3) is 0.118. The molecule has 0 saturated carbocycles. The van der Waals surface area contributed by atoms with Crippen molar-refractivity contribution in [3.8, 4) is 11.5 Å². The van der Waals surface area contributed by atoms with Crippen LogP contribution in [-0.4, -0.2) is 41.8 Å². The fourth-order valence-electron chi connectivity index (χ4n) is 2.08. The van der Waals surface area contributed by atoms with Crippen LogP contribution in [0.25, 0.3) is 0 Å². The molecule has 146 valence electrons. The summed E-state index contributed by atoms with van der Waals surface area (Å²) in [4.78, 5) is 32.8. The van der Waals surface area contributed by atoms with Crippen LogP contribution in [0, 0.1) is 10.1 Å². The first-order chi connectivity index (χ1) is 13.3. The minimum Gasteiger partial charge on any atom is -0.493 e. The lowest BCUT2D eigenvalue weighted by molar-refractivity contribution is -0.384. The lowest BCUT2D eigenvalue weighted by Crippen LogP contribution is -2.17. The molecule has 11 heteroatoms. The number of nitro benzene ring substituents is 1. The molecular weight excluding hydrogens is 394 g/mol. The molecule has 28 heavy (non-hydrogen) atoms. The van der Waals surface area contributed by atoms with Gasteiger partial charge in [-0.1, -0.05) is 17.7 Å². The second-order valence-electron chi connectivity index (χ2n) is 5.22. The van der Waals surface area contributed by atoms with E-state index < -0.39 is 23.4 Å². The van der Waals surface area contributed by atoms with Crippen LogP contribution in [0.5, 0.6) is 11.5 Å². The average Bonchev–Trinajstić information content (AvgIpc) is 2.66. The fourth-order valence-corrected chi connectivity index (χ4v) is 2.35. The maximum atomic E-state index is 12.0. The molecule has 0 spiro atoms. The molecule has 0 heterocycles. The highest BCUT2D eigenvalue weighted by Gasteiger charge is 2.14. The molecule has 1 amide bonds. The van der Waals surface area contributed by atoms with Crippen LogP contribution >= 0.6 is 11.6 Å². The minimum atomic E-state index is -1.17. The highest BCUT2D eigenvalue weighted by Crippen LogP contribution is 2.36. The number of carbonyl (C=O) groups excluding carboxylic acids is 1. The van der Waals surface area contributed by atoms with Crippen molar-refractivity contribution in [3.05, 3.63) is 62.7 Å². The van der Waals surface area contributed by atoms with Crippen LogP contribution in [0.2, 0.25) is 5.02 Å². The van der Waals surface area contributed by atoms with Crippen LogP contribution in [0.4, 0.5) is 5.69 Å². The third-order valence-corrected chi connectivity index (χ3v) is 3.57. The molecule has 0 aliphatic heterocycles. The van der Waals surface area contributed by atoms with E-state index in [0.29, 0.717) is 5.56 Å². The largest absolute Gasteiger partial charge is 0.493 e. The molecule has 0 atom stereocenters. The lowest BCUT2D eigenvalue weighted by Gasteiger charge is -2.11. The number of nitrogens with zero attached hydrogens (tertiary/aromatic N) is 2. The van der Waals surface area contributed by atoms with Crippen LogP contribution in [0.3, 0.4) is 0 Å². The van der Waals surface area contributed by atoms with Gasteiger partial charge < -0.3 is 14.6 Å². The monoisotopic (exact) mass is 407 g/mol. The summed E-state index contributed by atoms with van der Waals surface area (Å²) in [6.45, 7) is -0.594. The van der Waals surface area contributed by atoms with Crippen molar-refractivity contribution in [2.24, 2.45) is 5.10 Å². The van der Waals surface area contributed by atoms with Gasteiger partial charge in [-0.15, -0.1) is 0 Å². The van der Waals surface area contributed by atoms with Gasteiger partial charge in [0.25, 0.3) is 11.6 Å². The topological polar surface area (TPSA) is 140 Å². The number of methoxy groups -OCH3 is 1. The number of carboxylic acids is 1. The van der Waals surface area contributed by atoms with Crippen LogP contribution < -0.4 is 14.9 Å². The summed E-state index contributed by atoms with van der Waals surface area (Å²) in [7, 11) is 1.35. The zero-order chi connectivity index (χ0) is 20.7. The zero-order valence-electron chi connectivity index (χ0n) is 14.4. The molecule has 2 aromatic carbocycles. The number of nitrogens with one attached hydrogen (secondary N) is 1. The Balaban J connectivity index is 2.12. The van der Waals surface area contributed by atoms with Gasteiger partial charge in [-0.25, -0.2) is 10.2 Å². The van der Waals surface area contributed by atoms with Crippen molar-refractivity contribution >= 4 is 35.4 Å². The molecule has 2 N–H and O–H groups in total. The van der Waals surface area contributed by atoms with E-state index in [9.17, 15) is 19.7 Å². The summed E-state index contributed by atoms with van der Waals surface area (Å²) >= 11 is 6.07. The number of hydrogen-bond acceptors (Lipinski definition) is 7. The van der Waals surface area contributed by atoms with Crippen molar-refractivity contribution in [2.45, 2.75) is 0 Å². The Morgan fingerprint density at radius 3 is 2.75 bits per heavy atom. The third-order valence-electron chi connectivity index (χ3n) is 3.29. The maximum Gasteiger partial charge on any atom is 0.341 e. The average molecular weight is 408 g/mol.